The van der Waals surface area contributed by atoms with E-state index in [4.69, 9.17) is 17.3 Å². The van der Waals surface area contributed by atoms with Gasteiger partial charge in [-0.25, -0.2) is 4.39 Å². The zero-order valence-corrected chi connectivity index (χ0v) is 10.7. The third-order valence-electron chi connectivity index (χ3n) is 3.61. The average molecular weight is 256 g/mol. The van der Waals surface area contributed by atoms with Gasteiger partial charge in [-0.3, -0.25) is 0 Å². The van der Waals surface area contributed by atoms with E-state index >= 15 is 0 Å². The predicted molar refractivity (Wildman–Crippen MR) is 69.7 cm³/mol. The molecular weight excluding hydrogens is 237 g/mol. The van der Waals surface area contributed by atoms with Crippen molar-refractivity contribution in [2.45, 2.75) is 44.6 Å². The van der Waals surface area contributed by atoms with Gasteiger partial charge in [0.25, 0.3) is 0 Å². The maximum Gasteiger partial charge on any atom is 0.124 e. The molecule has 1 nitrogen and oxygen atoms in total. The Morgan fingerprint density at radius 2 is 2.06 bits per heavy atom. The van der Waals surface area contributed by atoms with Crippen LogP contribution in [-0.2, 0) is 6.42 Å². The zero-order chi connectivity index (χ0) is 12.3. The van der Waals surface area contributed by atoms with Crippen LogP contribution in [0.3, 0.4) is 0 Å². The minimum absolute atomic E-state index is 0.140. The van der Waals surface area contributed by atoms with Crippen LogP contribution < -0.4 is 5.73 Å². The maximum absolute atomic E-state index is 12.9. The van der Waals surface area contributed by atoms with Gasteiger partial charge in [-0.2, -0.15) is 0 Å². The van der Waals surface area contributed by atoms with Gasteiger partial charge >= 0.3 is 0 Å². The van der Waals surface area contributed by atoms with Crippen molar-refractivity contribution in [1.29, 1.82) is 0 Å². The standard InChI is InChI=1S/C14H19ClFN/c15-14-9-12(16)6-5-11(14)8-13(17)7-10-3-1-2-4-10/h5-6,9-10,13H,1-4,7-8,17H2. The summed E-state index contributed by atoms with van der Waals surface area (Å²) < 4.78 is 12.9. The molecule has 1 aliphatic carbocycles. The average Bonchev–Trinajstić information content (AvgIpc) is 2.75. The summed E-state index contributed by atoms with van der Waals surface area (Å²) in [5.41, 5.74) is 7.10. The van der Waals surface area contributed by atoms with Crippen molar-refractivity contribution in [1.82, 2.24) is 0 Å². The highest BCUT2D eigenvalue weighted by Crippen LogP contribution is 2.29. The molecular formula is C14H19ClFN. The Morgan fingerprint density at radius 3 is 2.71 bits per heavy atom. The van der Waals surface area contributed by atoms with E-state index in [2.05, 4.69) is 0 Å². The number of hydrogen-bond acceptors (Lipinski definition) is 1. The summed E-state index contributed by atoms with van der Waals surface area (Å²) in [4.78, 5) is 0. The van der Waals surface area contributed by atoms with Gasteiger partial charge in [0.2, 0.25) is 0 Å². The summed E-state index contributed by atoms with van der Waals surface area (Å²) in [7, 11) is 0. The molecule has 1 saturated carbocycles. The van der Waals surface area contributed by atoms with E-state index in [1.165, 1.54) is 37.8 Å². The Bertz CT molecular complexity index is 374. The highest BCUT2D eigenvalue weighted by molar-refractivity contribution is 6.31. The molecule has 0 aromatic heterocycles. The summed E-state index contributed by atoms with van der Waals surface area (Å²) >= 11 is 5.99. The Hall–Kier alpha value is -0.600. The molecule has 0 amide bonds. The molecule has 2 N–H and O–H groups in total. The molecule has 17 heavy (non-hydrogen) atoms. The van der Waals surface area contributed by atoms with Crippen molar-refractivity contribution in [3.8, 4) is 0 Å². The first-order chi connectivity index (χ1) is 8.15. The summed E-state index contributed by atoms with van der Waals surface area (Å²) in [6, 6.07) is 4.69. The number of nitrogens with two attached hydrogens (primary N) is 1. The topological polar surface area (TPSA) is 26.0 Å². The Balaban J connectivity index is 1.90. The van der Waals surface area contributed by atoms with Crippen molar-refractivity contribution < 1.29 is 4.39 Å². The summed E-state index contributed by atoms with van der Waals surface area (Å²) in [6.45, 7) is 0. The molecule has 0 aliphatic heterocycles. The second-order valence-electron chi connectivity index (χ2n) is 5.09. The number of rotatable bonds is 4. The first-order valence-corrected chi connectivity index (χ1v) is 6.72. The van der Waals surface area contributed by atoms with Gasteiger partial charge in [-0.1, -0.05) is 43.4 Å². The molecule has 0 radical (unpaired) electrons. The van der Waals surface area contributed by atoms with E-state index in [0.29, 0.717) is 5.02 Å². The molecule has 0 bridgehead atoms. The van der Waals surface area contributed by atoms with E-state index < -0.39 is 0 Å². The SMILES string of the molecule is NC(Cc1ccc(F)cc1Cl)CC1CCCC1. The fourth-order valence-corrected chi connectivity index (χ4v) is 2.97. The van der Waals surface area contributed by atoms with Crippen LogP contribution in [0.15, 0.2) is 18.2 Å². The molecule has 1 unspecified atom stereocenters. The highest BCUT2D eigenvalue weighted by Gasteiger charge is 2.18. The van der Waals surface area contributed by atoms with Crippen LogP contribution >= 0.6 is 11.6 Å². The third kappa shape index (κ3) is 3.68. The monoisotopic (exact) mass is 255 g/mol. The van der Waals surface area contributed by atoms with Crippen LogP contribution in [-0.4, -0.2) is 6.04 Å². The van der Waals surface area contributed by atoms with Crippen molar-refractivity contribution >= 4 is 11.6 Å². The minimum Gasteiger partial charge on any atom is -0.327 e. The van der Waals surface area contributed by atoms with E-state index in [0.717, 1.165) is 24.3 Å². The first-order valence-electron chi connectivity index (χ1n) is 6.34. The number of hydrogen-bond donors (Lipinski definition) is 1. The quantitative estimate of drug-likeness (QED) is 0.867. The smallest absolute Gasteiger partial charge is 0.124 e. The first kappa shape index (κ1) is 12.8. The Kier molecular flexibility index (Phi) is 4.41. The van der Waals surface area contributed by atoms with Crippen LogP contribution in [0.5, 0.6) is 0 Å². The van der Waals surface area contributed by atoms with Gasteiger partial charge in [-0.15, -0.1) is 0 Å². The van der Waals surface area contributed by atoms with Crippen molar-refractivity contribution in [2.75, 3.05) is 0 Å². The van der Waals surface area contributed by atoms with Crippen molar-refractivity contribution in [3.05, 3.63) is 34.6 Å². The van der Waals surface area contributed by atoms with Crippen LogP contribution in [0.4, 0.5) is 4.39 Å². The van der Waals surface area contributed by atoms with E-state index in [1.54, 1.807) is 6.07 Å². The number of benzene rings is 1. The second kappa shape index (κ2) is 5.83. The molecule has 1 aliphatic rings. The van der Waals surface area contributed by atoms with Crippen molar-refractivity contribution in [3.63, 3.8) is 0 Å². The van der Waals surface area contributed by atoms with Gasteiger partial charge < -0.3 is 5.73 Å². The fraction of sp³-hybridized carbons (Fsp3) is 0.571. The van der Waals surface area contributed by atoms with Crippen LogP contribution in [0.1, 0.15) is 37.7 Å². The highest BCUT2D eigenvalue weighted by atomic mass is 35.5. The summed E-state index contributed by atoms with van der Waals surface area (Å²) in [5, 5.41) is 0.492. The largest absolute Gasteiger partial charge is 0.327 e. The summed E-state index contributed by atoms with van der Waals surface area (Å²) in [6.07, 6.45) is 7.11. The van der Waals surface area contributed by atoms with Crippen LogP contribution in [0.25, 0.3) is 0 Å². The van der Waals surface area contributed by atoms with Gasteiger partial charge in [0.15, 0.2) is 0 Å². The van der Waals surface area contributed by atoms with E-state index in [9.17, 15) is 4.39 Å². The van der Waals surface area contributed by atoms with Gasteiger partial charge in [0, 0.05) is 11.1 Å². The lowest BCUT2D eigenvalue weighted by atomic mass is 9.94. The molecule has 1 atom stereocenters. The molecule has 1 aromatic carbocycles. The van der Waals surface area contributed by atoms with Crippen LogP contribution in [0, 0.1) is 11.7 Å². The van der Waals surface area contributed by atoms with Gasteiger partial charge in [0.1, 0.15) is 5.82 Å². The normalized spacial score (nSPS) is 18.5. The van der Waals surface area contributed by atoms with Crippen LogP contribution in [0.2, 0.25) is 5.02 Å². The van der Waals surface area contributed by atoms with E-state index in [1.807, 2.05) is 0 Å². The molecule has 3 heteroatoms. The fourth-order valence-electron chi connectivity index (χ4n) is 2.73. The van der Waals surface area contributed by atoms with Gasteiger partial charge in [0.05, 0.1) is 0 Å². The Labute approximate surface area is 107 Å². The van der Waals surface area contributed by atoms with Crippen molar-refractivity contribution in [2.24, 2.45) is 11.7 Å². The molecule has 0 saturated heterocycles. The Morgan fingerprint density at radius 1 is 1.35 bits per heavy atom. The number of halogens is 2. The zero-order valence-electron chi connectivity index (χ0n) is 9.96. The second-order valence-corrected chi connectivity index (χ2v) is 5.49. The van der Waals surface area contributed by atoms with Gasteiger partial charge in [-0.05, 0) is 36.5 Å². The molecule has 2 rings (SSSR count). The molecule has 1 fully saturated rings. The minimum atomic E-state index is -0.289. The molecule has 94 valence electrons. The van der Waals surface area contributed by atoms with E-state index in [-0.39, 0.29) is 11.9 Å². The lowest BCUT2D eigenvalue weighted by molar-refractivity contribution is 0.440. The summed E-state index contributed by atoms with van der Waals surface area (Å²) in [5.74, 6) is 0.493. The predicted octanol–water partition coefficient (Wildman–Crippen LogP) is 3.93. The molecule has 1 aromatic rings. The third-order valence-corrected chi connectivity index (χ3v) is 3.96. The molecule has 0 heterocycles. The maximum atomic E-state index is 12.9. The molecule has 0 spiro atoms. The lowest BCUT2D eigenvalue weighted by Gasteiger charge is -2.16. The lowest BCUT2D eigenvalue weighted by Crippen LogP contribution is -2.25.